The monoisotopic (exact) mass is 464 g/mol. The van der Waals surface area contributed by atoms with Gasteiger partial charge in [0.25, 0.3) is 11.8 Å². The summed E-state index contributed by atoms with van der Waals surface area (Å²) >= 11 is 0. The van der Waals surface area contributed by atoms with Crippen LogP contribution in [0.1, 0.15) is 26.4 Å². The number of hydrogen-bond donors (Lipinski definition) is 2. The van der Waals surface area contributed by atoms with Crippen LogP contribution in [0, 0.1) is 0 Å². The molecule has 33 heavy (non-hydrogen) atoms. The molecular weight excluding hydrogens is 445 g/mol. The maximum atomic E-state index is 13.7. The summed E-state index contributed by atoms with van der Waals surface area (Å²) in [4.78, 5) is 24.5. The number of rotatable bonds is 8. The number of aromatic nitrogens is 4. The van der Waals surface area contributed by atoms with Crippen LogP contribution < -0.4 is 20.1 Å². The zero-order valence-electron chi connectivity index (χ0n) is 17.5. The summed E-state index contributed by atoms with van der Waals surface area (Å²) in [6.45, 7) is -0.110. The molecule has 0 aliphatic carbocycles. The zero-order chi connectivity index (χ0) is 24.0. The fourth-order valence-corrected chi connectivity index (χ4v) is 2.79. The molecule has 2 amide bonds. The van der Waals surface area contributed by atoms with Crippen LogP contribution in [0.3, 0.4) is 0 Å². The van der Waals surface area contributed by atoms with Gasteiger partial charge in [0.15, 0.2) is 11.5 Å². The van der Waals surface area contributed by atoms with Gasteiger partial charge in [0.2, 0.25) is 5.88 Å². The summed E-state index contributed by atoms with van der Waals surface area (Å²) in [6.07, 6.45) is -4.10. The van der Waals surface area contributed by atoms with Gasteiger partial charge in [-0.15, -0.1) is 10.2 Å². The molecule has 2 heterocycles. The number of carbonyl (C=O) groups excluding carboxylic acids is 2. The van der Waals surface area contributed by atoms with Crippen LogP contribution in [0.5, 0.6) is 11.6 Å². The maximum Gasteiger partial charge on any atom is 0.434 e. The molecule has 2 N–H and O–H groups in total. The molecule has 3 aromatic rings. The van der Waals surface area contributed by atoms with Gasteiger partial charge in [-0.05, 0) is 30.3 Å². The number of amides is 2. The predicted octanol–water partition coefficient (Wildman–Crippen LogP) is 1.86. The number of nitrogens with one attached hydrogen (secondary N) is 2. The van der Waals surface area contributed by atoms with Crippen molar-refractivity contribution in [1.82, 2.24) is 30.6 Å². The summed E-state index contributed by atoms with van der Waals surface area (Å²) in [6, 6.07) is 8.87. The lowest BCUT2D eigenvalue weighted by Gasteiger charge is -2.12. The first-order valence-electron chi connectivity index (χ1n) is 9.48. The highest BCUT2D eigenvalue weighted by atomic mass is 19.4. The average Bonchev–Trinajstić information content (AvgIpc) is 3.28. The lowest BCUT2D eigenvalue weighted by molar-refractivity contribution is -0.143. The van der Waals surface area contributed by atoms with Gasteiger partial charge in [0.1, 0.15) is 5.75 Å². The first-order valence-corrected chi connectivity index (χ1v) is 9.48. The van der Waals surface area contributed by atoms with E-state index in [9.17, 15) is 22.8 Å². The van der Waals surface area contributed by atoms with Crippen LogP contribution in [0.15, 0.2) is 42.6 Å². The van der Waals surface area contributed by atoms with Crippen molar-refractivity contribution in [2.45, 2.75) is 6.18 Å². The Morgan fingerprint density at radius 2 is 1.61 bits per heavy atom. The number of hydrogen-bond acceptors (Lipinski definition) is 7. The predicted molar refractivity (Wildman–Crippen MR) is 108 cm³/mol. The van der Waals surface area contributed by atoms with Crippen LogP contribution >= 0.6 is 0 Å². The van der Waals surface area contributed by atoms with Gasteiger partial charge in [-0.2, -0.15) is 18.3 Å². The Kier molecular flexibility index (Phi) is 7.10. The number of alkyl halides is 3. The third kappa shape index (κ3) is 5.56. The van der Waals surface area contributed by atoms with Gasteiger partial charge in [0.05, 0.1) is 26.0 Å². The molecule has 3 rings (SSSR count). The van der Waals surface area contributed by atoms with Crippen molar-refractivity contribution < 1.29 is 32.2 Å². The van der Waals surface area contributed by atoms with Crippen molar-refractivity contribution in [3.63, 3.8) is 0 Å². The van der Waals surface area contributed by atoms with E-state index >= 15 is 0 Å². The minimum absolute atomic E-state index is 0.00392. The second-order valence-corrected chi connectivity index (χ2v) is 6.49. The third-order valence-electron chi connectivity index (χ3n) is 4.38. The molecule has 0 spiro atoms. The molecular formula is C20H19F3N6O4. The van der Waals surface area contributed by atoms with Gasteiger partial charge in [0, 0.05) is 24.7 Å². The molecule has 0 fully saturated rings. The van der Waals surface area contributed by atoms with E-state index in [4.69, 9.17) is 9.47 Å². The Bertz CT molecular complexity index is 1110. The van der Waals surface area contributed by atoms with Crippen LogP contribution in [-0.2, 0) is 6.18 Å². The Labute approximate surface area is 185 Å². The number of nitrogens with zero attached hydrogens (tertiary/aromatic N) is 4. The van der Waals surface area contributed by atoms with Gasteiger partial charge in [-0.25, -0.2) is 4.68 Å². The molecule has 0 aliphatic heterocycles. The molecule has 2 aromatic heterocycles. The number of carbonyl (C=O) groups is 2. The highest BCUT2D eigenvalue weighted by Gasteiger charge is 2.41. The second-order valence-electron chi connectivity index (χ2n) is 6.49. The molecule has 13 heteroatoms. The Morgan fingerprint density at radius 3 is 2.15 bits per heavy atom. The lowest BCUT2D eigenvalue weighted by atomic mass is 10.2. The Hall–Kier alpha value is -4.16. The third-order valence-corrected chi connectivity index (χ3v) is 4.38. The number of benzene rings is 1. The van der Waals surface area contributed by atoms with Crippen molar-refractivity contribution in [1.29, 1.82) is 0 Å². The first-order chi connectivity index (χ1) is 15.7. The molecule has 0 atom stereocenters. The van der Waals surface area contributed by atoms with Gasteiger partial charge < -0.3 is 20.1 Å². The molecule has 0 aliphatic rings. The van der Waals surface area contributed by atoms with Gasteiger partial charge in [-0.3, -0.25) is 9.59 Å². The average molecular weight is 464 g/mol. The quantitative estimate of drug-likeness (QED) is 0.488. The molecule has 10 nitrogen and oxygen atoms in total. The number of ether oxygens (including phenoxy) is 2. The normalized spacial score (nSPS) is 11.1. The molecule has 0 bridgehead atoms. The van der Waals surface area contributed by atoms with Crippen LogP contribution in [0.4, 0.5) is 13.2 Å². The van der Waals surface area contributed by atoms with E-state index in [0.29, 0.717) is 16.0 Å². The van der Waals surface area contributed by atoms with Gasteiger partial charge >= 0.3 is 6.18 Å². The standard InChI is InChI=1S/C20H19F3N6O4/c1-32-13-5-3-12(4-6-13)18(30)24-9-10-25-19(31)14-11-26-29(17(14)20(21,22)23)15-7-8-16(33-2)28-27-15/h3-8,11H,9-10H2,1-2H3,(H,24,30)(H,25,31). The van der Waals surface area contributed by atoms with Crippen molar-refractivity contribution in [2.24, 2.45) is 0 Å². The molecule has 174 valence electrons. The van der Waals surface area contributed by atoms with Crippen molar-refractivity contribution in [2.75, 3.05) is 27.3 Å². The second kappa shape index (κ2) is 9.97. The Morgan fingerprint density at radius 1 is 0.939 bits per heavy atom. The van der Waals surface area contributed by atoms with Crippen molar-refractivity contribution in [3.8, 4) is 17.4 Å². The zero-order valence-corrected chi connectivity index (χ0v) is 17.5. The van der Waals surface area contributed by atoms with E-state index in [1.165, 1.54) is 26.4 Å². The van der Waals surface area contributed by atoms with E-state index in [-0.39, 0.29) is 24.8 Å². The smallest absolute Gasteiger partial charge is 0.434 e. The molecule has 0 saturated heterocycles. The van der Waals surface area contributed by atoms with E-state index in [1.807, 2.05) is 0 Å². The summed E-state index contributed by atoms with van der Waals surface area (Å²) in [5, 5.41) is 15.8. The number of halogens is 3. The summed E-state index contributed by atoms with van der Waals surface area (Å²) < 4.78 is 51.4. The first kappa shape index (κ1) is 23.5. The molecule has 0 saturated carbocycles. The highest BCUT2D eigenvalue weighted by molar-refractivity contribution is 5.96. The molecule has 0 unspecified atom stereocenters. The highest BCUT2D eigenvalue weighted by Crippen LogP contribution is 2.33. The minimum Gasteiger partial charge on any atom is -0.497 e. The van der Waals surface area contributed by atoms with Crippen LogP contribution in [0.25, 0.3) is 5.82 Å². The minimum atomic E-state index is -4.90. The number of methoxy groups -OCH3 is 2. The fourth-order valence-electron chi connectivity index (χ4n) is 2.79. The largest absolute Gasteiger partial charge is 0.497 e. The van der Waals surface area contributed by atoms with Crippen molar-refractivity contribution >= 4 is 11.8 Å². The Balaban J connectivity index is 1.65. The van der Waals surface area contributed by atoms with Gasteiger partial charge in [-0.1, -0.05) is 0 Å². The maximum absolute atomic E-state index is 13.7. The molecule has 0 radical (unpaired) electrons. The summed E-state index contributed by atoms with van der Waals surface area (Å²) in [5.74, 6) is -0.967. The lowest BCUT2D eigenvalue weighted by Crippen LogP contribution is -2.35. The topological polar surface area (TPSA) is 120 Å². The SMILES string of the molecule is COc1ccc(C(=O)NCCNC(=O)c2cnn(-c3ccc(OC)nn3)c2C(F)(F)F)cc1. The summed E-state index contributed by atoms with van der Waals surface area (Å²) in [5.41, 5.74) is -1.63. The summed E-state index contributed by atoms with van der Waals surface area (Å²) in [7, 11) is 2.83. The van der Waals surface area contributed by atoms with Crippen LogP contribution in [0.2, 0.25) is 0 Å². The fraction of sp³-hybridized carbons (Fsp3) is 0.250. The van der Waals surface area contributed by atoms with E-state index in [2.05, 4.69) is 25.9 Å². The van der Waals surface area contributed by atoms with Crippen molar-refractivity contribution in [3.05, 3.63) is 59.4 Å². The van der Waals surface area contributed by atoms with E-state index < -0.39 is 29.2 Å². The van der Waals surface area contributed by atoms with E-state index in [1.54, 1.807) is 24.3 Å². The van der Waals surface area contributed by atoms with Crippen LogP contribution in [-0.4, -0.2) is 59.1 Å². The van der Waals surface area contributed by atoms with E-state index in [0.717, 1.165) is 6.20 Å². The molecule has 1 aromatic carbocycles.